The quantitative estimate of drug-likeness (QED) is 0.627. The van der Waals surface area contributed by atoms with E-state index in [1.807, 2.05) is 38.1 Å². The minimum atomic E-state index is -3.20. The summed E-state index contributed by atoms with van der Waals surface area (Å²) in [6.07, 6.45) is 2.65. The first-order valence-electron chi connectivity index (χ1n) is 10.3. The number of carbonyl (C=O) groups is 1. The molecule has 0 bridgehead atoms. The number of nitrogens with one attached hydrogen (secondary N) is 1. The van der Waals surface area contributed by atoms with Gasteiger partial charge in [-0.1, -0.05) is 37.1 Å². The van der Waals surface area contributed by atoms with E-state index >= 15 is 0 Å². The lowest BCUT2D eigenvalue weighted by Crippen LogP contribution is -2.43. The van der Waals surface area contributed by atoms with E-state index in [0.717, 1.165) is 27.6 Å². The molecule has 0 aliphatic carbocycles. The Morgan fingerprint density at radius 3 is 2.57 bits per heavy atom. The lowest BCUT2D eigenvalue weighted by atomic mass is 9.97. The Labute approximate surface area is 187 Å². The number of benzene rings is 1. The van der Waals surface area contributed by atoms with Crippen molar-refractivity contribution in [2.45, 2.75) is 46.1 Å². The molecule has 0 saturated carbocycles. The van der Waals surface area contributed by atoms with Gasteiger partial charge in [-0.3, -0.25) is 4.79 Å². The number of aromatic nitrogens is 1. The number of rotatable bonds is 8. The third-order valence-electron chi connectivity index (χ3n) is 5.35. The number of aryl methyl sites for hydroxylation is 1. The molecule has 0 radical (unpaired) electrons. The van der Waals surface area contributed by atoms with Crippen molar-refractivity contribution < 1.29 is 13.2 Å². The molecule has 9 heteroatoms. The zero-order valence-electron chi connectivity index (χ0n) is 17.4. The van der Waals surface area contributed by atoms with Crippen LogP contribution >= 0.6 is 22.9 Å². The monoisotopic (exact) mass is 469 g/mol. The predicted molar refractivity (Wildman–Crippen MR) is 122 cm³/mol. The third kappa shape index (κ3) is 5.81. The number of halogens is 1. The normalized spacial score (nSPS) is 16.0. The highest BCUT2D eigenvalue weighted by Gasteiger charge is 2.30. The van der Waals surface area contributed by atoms with Crippen LogP contribution in [-0.4, -0.2) is 42.5 Å². The standard InChI is InChI=1S/C21H28ClN3O3S2/c1-3-4-13-30(27,28)25-11-9-17(10-12-25)21(26)23-14-19-24-20(15(2)29-19)16-5-7-18(22)8-6-16/h5-8,17H,3-4,9-14H2,1-2H3,(H,23,26). The van der Waals surface area contributed by atoms with E-state index in [1.54, 1.807) is 11.3 Å². The highest BCUT2D eigenvalue weighted by Crippen LogP contribution is 2.28. The van der Waals surface area contributed by atoms with Crippen molar-refractivity contribution in [2.75, 3.05) is 18.8 Å². The number of hydrogen-bond donors (Lipinski definition) is 1. The largest absolute Gasteiger partial charge is 0.349 e. The van der Waals surface area contributed by atoms with Gasteiger partial charge in [0.1, 0.15) is 5.01 Å². The molecule has 2 heterocycles. The first-order chi connectivity index (χ1) is 14.3. The summed E-state index contributed by atoms with van der Waals surface area (Å²) in [5.74, 6) is 0.0145. The maximum atomic E-state index is 12.6. The number of sulfonamides is 1. The van der Waals surface area contributed by atoms with Gasteiger partial charge in [-0.2, -0.15) is 0 Å². The lowest BCUT2D eigenvalue weighted by Gasteiger charge is -2.30. The van der Waals surface area contributed by atoms with Gasteiger partial charge in [0.2, 0.25) is 15.9 Å². The molecular weight excluding hydrogens is 442 g/mol. The van der Waals surface area contributed by atoms with E-state index in [0.29, 0.717) is 43.9 Å². The van der Waals surface area contributed by atoms with Crippen LogP contribution in [0.15, 0.2) is 24.3 Å². The summed E-state index contributed by atoms with van der Waals surface area (Å²) in [5, 5.41) is 4.51. The summed E-state index contributed by atoms with van der Waals surface area (Å²) in [6.45, 7) is 5.21. The summed E-state index contributed by atoms with van der Waals surface area (Å²) >= 11 is 7.52. The minimum absolute atomic E-state index is 0.0264. The maximum absolute atomic E-state index is 12.6. The molecule has 1 aromatic carbocycles. The Hall–Kier alpha value is -1.48. The van der Waals surface area contributed by atoms with Crippen LogP contribution in [0.3, 0.4) is 0 Å². The molecule has 2 aromatic rings. The van der Waals surface area contributed by atoms with Gasteiger partial charge in [-0.25, -0.2) is 17.7 Å². The molecular formula is C21H28ClN3O3S2. The van der Waals surface area contributed by atoms with Crippen molar-refractivity contribution in [3.63, 3.8) is 0 Å². The number of hydrogen-bond acceptors (Lipinski definition) is 5. The maximum Gasteiger partial charge on any atom is 0.223 e. The van der Waals surface area contributed by atoms with E-state index in [1.165, 1.54) is 4.31 Å². The fraction of sp³-hybridized carbons (Fsp3) is 0.524. The van der Waals surface area contributed by atoms with Gasteiger partial charge < -0.3 is 5.32 Å². The fourth-order valence-electron chi connectivity index (χ4n) is 3.56. The second kappa shape index (κ2) is 10.2. The van der Waals surface area contributed by atoms with Crippen molar-refractivity contribution in [3.8, 4) is 11.3 Å². The topological polar surface area (TPSA) is 79.4 Å². The SMILES string of the molecule is CCCCS(=O)(=O)N1CCC(C(=O)NCc2nc(-c3ccc(Cl)cc3)c(C)s2)CC1. The molecule has 30 heavy (non-hydrogen) atoms. The van der Waals surface area contributed by atoms with Crippen LogP contribution in [0.1, 0.15) is 42.5 Å². The first-order valence-corrected chi connectivity index (χ1v) is 13.1. The van der Waals surface area contributed by atoms with Crippen molar-refractivity contribution in [1.82, 2.24) is 14.6 Å². The van der Waals surface area contributed by atoms with Crippen molar-refractivity contribution in [2.24, 2.45) is 5.92 Å². The highest BCUT2D eigenvalue weighted by molar-refractivity contribution is 7.89. The van der Waals surface area contributed by atoms with Crippen LogP contribution in [-0.2, 0) is 21.4 Å². The van der Waals surface area contributed by atoms with Crippen molar-refractivity contribution in [1.29, 1.82) is 0 Å². The zero-order valence-corrected chi connectivity index (χ0v) is 19.7. The number of carbonyl (C=O) groups excluding carboxylic acids is 1. The van der Waals surface area contributed by atoms with Gasteiger partial charge in [-0.15, -0.1) is 11.3 Å². The Morgan fingerprint density at radius 2 is 1.93 bits per heavy atom. The van der Waals surface area contributed by atoms with E-state index in [9.17, 15) is 13.2 Å². The Kier molecular flexibility index (Phi) is 7.90. The molecule has 1 aliphatic rings. The minimum Gasteiger partial charge on any atom is -0.349 e. The molecule has 1 saturated heterocycles. The molecule has 1 aromatic heterocycles. The van der Waals surface area contributed by atoms with Crippen molar-refractivity contribution in [3.05, 3.63) is 39.2 Å². The molecule has 0 unspecified atom stereocenters. The predicted octanol–water partition coefficient (Wildman–Crippen LogP) is 4.23. The molecule has 1 amide bonds. The van der Waals surface area contributed by atoms with Crippen LogP contribution in [0.25, 0.3) is 11.3 Å². The van der Waals surface area contributed by atoms with Crippen LogP contribution in [0.4, 0.5) is 0 Å². The van der Waals surface area contributed by atoms with E-state index in [-0.39, 0.29) is 17.6 Å². The number of unbranched alkanes of at least 4 members (excludes halogenated alkanes) is 1. The number of thiazole rings is 1. The van der Waals surface area contributed by atoms with Gasteiger partial charge in [0.25, 0.3) is 0 Å². The summed E-state index contributed by atoms with van der Waals surface area (Å²) in [7, 11) is -3.20. The van der Waals surface area contributed by atoms with Gasteiger partial charge in [0.05, 0.1) is 18.0 Å². The molecule has 1 aliphatic heterocycles. The molecule has 1 fully saturated rings. The second-order valence-corrected chi connectivity index (χ2v) is 11.4. The Bertz CT molecular complexity index is 966. The van der Waals surface area contributed by atoms with Gasteiger partial charge in [-0.05, 0) is 38.3 Å². The van der Waals surface area contributed by atoms with Crippen molar-refractivity contribution >= 4 is 38.9 Å². The Morgan fingerprint density at radius 1 is 1.27 bits per heavy atom. The van der Waals surface area contributed by atoms with Gasteiger partial charge >= 0.3 is 0 Å². The second-order valence-electron chi connectivity index (χ2n) is 7.58. The molecule has 6 nitrogen and oxygen atoms in total. The van der Waals surface area contributed by atoms with E-state index < -0.39 is 10.0 Å². The summed E-state index contributed by atoms with van der Waals surface area (Å²) in [4.78, 5) is 18.3. The summed E-state index contributed by atoms with van der Waals surface area (Å²) in [5.41, 5.74) is 1.91. The van der Waals surface area contributed by atoms with Crippen LogP contribution in [0, 0.1) is 12.8 Å². The highest BCUT2D eigenvalue weighted by atomic mass is 35.5. The van der Waals surface area contributed by atoms with Gasteiger partial charge in [0.15, 0.2) is 0 Å². The summed E-state index contributed by atoms with van der Waals surface area (Å²) in [6, 6.07) is 7.56. The molecule has 3 rings (SSSR count). The zero-order chi connectivity index (χ0) is 21.7. The van der Waals surface area contributed by atoms with Crippen LogP contribution in [0.2, 0.25) is 5.02 Å². The van der Waals surface area contributed by atoms with E-state index in [4.69, 9.17) is 11.6 Å². The smallest absolute Gasteiger partial charge is 0.223 e. The first kappa shape index (κ1) is 23.2. The average Bonchev–Trinajstić information content (AvgIpc) is 3.11. The number of amides is 1. The van der Waals surface area contributed by atoms with Crippen LogP contribution in [0.5, 0.6) is 0 Å². The molecule has 164 valence electrons. The van der Waals surface area contributed by atoms with Crippen LogP contribution < -0.4 is 5.32 Å². The summed E-state index contributed by atoms with van der Waals surface area (Å²) < 4.78 is 26.2. The number of piperidine rings is 1. The number of nitrogens with zero attached hydrogens (tertiary/aromatic N) is 2. The fourth-order valence-corrected chi connectivity index (χ4v) is 6.26. The molecule has 0 atom stereocenters. The average molecular weight is 470 g/mol. The van der Waals surface area contributed by atoms with E-state index in [2.05, 4.69) is 10.3 Å². The molecule has 0 spiro atoms. The molecule has 1 N–H and O–H groups in total. The Balaban J connectivity index is 1.52. The van der Waals surface area contributed by atoms with Gasteiger partial charge in [0, 0.05) is 34.5 Å². The third-order valence-corrected chi connectivity index (χ3v) is 8.53. The lowest BCUT2D eigenvalue weighted by molar-refractivity contribution is -0.126.